The first-order valence-electron chi connectivity index (χ1n) is 9.33. The van der Waals surface area contributed by atoms with Crippen LogP contribution in [0.15, 0.2) is 77.9 Å². The van der Waals surface area contributed by atoms with Crippen molar-refractivity contribution in [3.05, 3.63) is 78.5 Å². The molecular formula is C21H20F3N7O2. The van der Waals surface area contributed by atoms with Gasteiger partial charge >= 0.3 is 6.18 Å². The van der Waals surface area contributed by atoms with Gasteiger partial charge in [0, 0.05) is 11.3 Å². The van der Waals surface area contributed by atoms with E-state index in [2.05, 4.69) is 32.1 Å². The molecule has 0 spiro atoms. The first-order valence-corrected chi connectivity index (χ1v) is 9.33. The Labute approximate surface area is 186 Å². The van der Waals surface area contributed by atoms with E-state index in [0.29, 0.717) is 17.1 Å². The third kappa shape index (κ3) is 6.50. The van der Waals surface area contributed by atoms with Crippen LogP contribution in [0.5, 0.6) is 5.75 Å². The van der Waals surface area contributed by atoms with E-state index in [1.807, 2.05) is 0 Å². The summed E-state index contributed by atoms with van der Waals surface area (Å²) in [5.74, 6) is 1.07. The van der Waals surface area contributed by atoms with Gasteiger partial charge in [0.2, 0.25) is 11.8 Å². The van der Waals surface area contributed by atoms with Gasteiger partial charge in [0.05, 0.1) is 18.7 Å². The van der Waals surface area contributed by atoms with Crippen molar-refractivity contribution < 1.29 is 22.6 Å². The Morgan fingerprint density at radius 3 is 2.55 bits per heavy atom. The van der Waals surface area contributed by atoms with Crippen LogP contribution in [0.4, 0.5) is 24.8 Å². The van der Waals surface area contributed by atoms with Crippen LogP contribution in [0.2, 0.25) is 0 Å². The highest BCUT2D eigenvalue weighted by molar-refractivity contribution is 5.90. The third-order valence-electron chi connectivity index (χ3n) is 4.04. The van der Waals surface area contributed by atoms with Crippen molar-refractivity contribution in [1.82, 2.24) is 15.2 Å². The van der Waals surface area contributed by atoms with E-state index in [0.717, 1.165) is 12.1 Å². The Morgan fingerprint density at radius 2 is 1.91 bits per heavy atom. The SMILES string of the molecule is C=C(N)N=C(/C=C(\N)OC)Oc1ccc(-c2nc(Nc3cccc(C(F)(F)F)c3)n[nH]2)cc1. The molecule has 2 aromatic carbocycles. The van der Waals surface area contributed by atoms with Gasteiger partial charge in [-0.2, -0.15) is 23.1 Å². The van der Waals surface area contributed by atoms with Gasteiger partial charge in [-0.3, -0.25) is 5.10 Å². The minimum atomic E-state index is -4.45. The molecule has 0 atom stereocenters. The van der Waals surface area contributed by atoms with E-state index in [9.17, 15) is 13.2 Å². The molecule has 6 N–H and O–H groups in total. The summed E-state index contributed by atoms with van der Waals surface area (Å²) < 4.78 is 49.1. The zero-order chi connectivity index (χ0) is 24.0. The Balaban J connectivity index is 1.73. The van der Waals surface area contributed by atoms with Crippen LogP contribution >= 0.6 is 0 Å². The quantitative estimate of drug-likeness (QED) is 0.239. The van der Waals surface area contributed by atoms with Crippen molar-refractivity contribution >= 4 is 17.5 Å². The topological polar surface area (TPSA) is 136 Å². The number of hydrogen-bond acceptors (Lipinski definition) is 8. The van der Waals surface area contributed by atoms with E-state index >= 15 is 0 Å². The normalized spacial score (nSPS) is 12.4. The lowest BCUT2D eigenvalue weighted by Crippen LogP contribution is -2.12. The molecule has 0 saturated heterocycles. The molecule has 0 fully saturated rings. The first kappa shape index (κ1) is 23.2. The van der Waals surface area contributed by atoms with Crippen molar-refractivity contribution in [1.29, 1.82) is 0 Å². The number of aromatic nitrogens is 3. The lowest BCUT2D eigenvalue weighted by Gasteiger charge is -2.08. The van der Waals surface area contributed by atoms with Gasteiger partial charge < -0.3 is 26.3 Å². The zero-order valence-corrected chi connectivity index (χ0v) is 17.3. The van der Waals surface area contributed by atoms with Crippen LogP contribution in [-0.2, 0) is 10.9 Å². The molecule has 1 heterocycles. The Bertz CT molecular complexity index is 1190. The van der Waals surface area contributed by atoms with Gasteiger partial charge in [0.1, 0.15) is 11.6 Å². The number of aromatic amines is 1. The molecule has 33 heavy (non-hydrogen) atoms. The molecule has 0 saturated carbocycles. The zero-order valence-electron chi connectivity index (χ0n) is 17.3. The third-order valence-corrected chi connectivity index (χ3v) is 4.04. The molecule has 0 bridgehead atoms. The fraction of sp³-hybridized carbons (Fsp3) is 0.0952. The Kier molecular flexibility index (Phi) is 6.86. The molecule has 0 unspecified atom stereocenters. The van der Waals surface area contributed by atoms with Gasteiger partial charge in [-0.1, -0.05) is 12.6 Å². The highest BCUT2D eigenvalue weighted by Gasteiger charge is 2.30. The smallest absolute Gasteiger partial charge is 0.416 e. The summed E-state index contributed by atoms with van der Waals surface area (Å²) in [6, 6.07) is 11.4. The van der Waals surface area contributed by atoms with Gasteiger partial charge in [-0.25, -0.2) is 0 Å². The van der Waals surface area contributed by atoms with Gasteiger partial charge in [-0.15, -0.1) is 5.10 Å². The highest BCUT2D eigenvalue weighted by Crippen LogP contribution is 2.31. The number of hydrogen-bond donors (Lipinski definition) is 4. The number of alkyl halides is 3. The summed E-state index contributed by atoms with van der Waals surface area (Å²) in [4.78, 5) is 8.19. The maximum absolute atomic E-state index is 12.9. The summed E-state index contributed by atoms with van der Waals surface area (Å²) in [5, 5.41) is 9.46. The molecule has 1 aromatic heterocycles. The standard InChI is InChI=1S/C21H20F3N7O2/c1-12(25)27-18(11-17(26)32-2)33-16-8-6-13(7-9-16)19-29-20(31-30-19)28-15-5-3-4-14(10-15)21(22,23)24/h3-11H,1,25-26H2,2H3,(H2,28,29,30,31)/b17-11+,27-18?. The number of aliphatic imine (C=N–C) groups is 1. The van der Waals surface area contributed by atoms with Crippen LogP contribution < -0.4 is 21.5 Å². The number of ether oxygens (including phenoxy) is 2. The first-order chi connectivity index (χ1) is 15.6. The maximum atomic E-state index is 12.9. The molecular weight excluding hydrogens is 439 g/mol. The summed E-state index contributed by atoms with van der Waals surface area (Å²) >= 11 is 0. The summed E-state index contributed by atoms with van der Waals surface area (Å²) in [7, 11) is 1.39. The molecule has 3 rings (SSSR count). The monoisotopic (exact) mass is 459 g/mol. The average Bonchev–Trinajstić information content (AvgIpc) is 3.21. The average molecular weight is 459 g/mol. The van der Waals surface area contributed by atoms with Crippen molar-refractivity contribution in [2.24, 2.45) is 16.5 Å². The molecule has 0 aliphatic carbocycles. The lowest BCUT2D eigenvalue weighted by atomic mass is 10.2. The van der Waals surface area contributed by atoms with Gasteiger partial charge in [0.15, 0.2) is 11.7 Å². The van der Waals surface area contributed by atoms with Crippen molar-refractivity contribution in [3.63, 3.8) is 0 Å². The predicted octanol–water partition coefficient (Wildman–Crippen LogP) is 3.89. The highest BCUT2D eigenvalue weighted by atomic mass is 19.4. The van der Waals surface area contributed by atoms with Crippen molar-refractivity contribution in [3.8, 4) is 17.1 Å². The number of nitrogens with zero attached hydrogens (tertiary/aromatic N) is 3. The minimum Gasteiger partial charge on any atom is -0.483 e. The van der Waals surface area contributed by atoms with Crippen molar-refractivity contribution in [2.45, 2.75) is 6.18 Å². The van der Waals surface area contributed by atoms with Crippen LogP contribution in [0.1, 0.15) is 5.56 Å². The number of halogens is 3. The van der Waals surface area contributed by atoms with Crippen molar-refractivity contribution in [2.75, 3.05) is 12.4 Å². The number of methoxy groups -OCH3 is 1. The second kappa shape index (κ2) is 9.77. The van der Waals surface area contributed by atoms with Gasteiger partial charge in [0.25, 0.3) is 0 Å². The molecule has 0 radical (unpaired) electrons. The number of nitrogens with one attached hydrogen (secondary N) is 2. The number of rotatable bonds is 7. The number of H-pyrrole nitrogens is 1. The molecule has 0 aliphatic heterocycles. The second-order valence-electron chi connectivity index (χ2n) is 6.53. The lowest BCUT2D eigenvalue weighted by molar-refractivity contribution is -0.137. The molecule has 172 valence electrons. The van der Waals surface area contributed by atoms with Gasteiger partial charge in [-0.05, 0) is 42.5 Å². The Hall–Kier alpha value is -4.48. The van der Waals surface area contributed by atoms with E-state index in [1.54, 1.807) is 24.3 Å². The molecule has 12 heteroatoms. The maximum Gasteiger partial charge on any atom is 0.416 e. The second-order valence-corrected chi connectivity index (χ2v) is 6.53. The van der Waals surface area contributed by atoms with E-state index in [1.165, 1.54) is 25.3 Å². The van der Waals surface area contributed by atoms with Crippen LogP contribution in [0, 0.1) is 0 Å². The fourth-order valence-corrected chi connectivity index (χ4v) is 2.56. The minimum absolute atomic E-state index is 0.0178. The summed E-state index contributed by atoms with van der Waals surface area (Å²) in [6.45, 7) is 3.49. The fourth-order valence-electron chi connectivity index (χ4n) is 2.56. The van der Waals surface area contributed by atoms with E-state index in [4.69, 9.17) is 20.9 Å². The largest absolute Gasteiger partial charge is 0.483 e. The van der Waals surface area contributed by atoms with Crippen LogP contribution in [0.3, 0.4) is 0 Å². The molecule has 0 aliphatic rings. The summed E-state index contributed by atoms with van der Waals surface area (Å²) in [6.07, 6.45) is -3.10. The number of benzene rings is 2. The number of nitrogens with two attached hydrogens (primary N) is 2. The predicted molar refractivity (Wildman–Crippen MR) is 117 cm³/mol. The van der Waals surface area contributed by atoms with Crippen LogP contribution in [0.25, 0.3) is 11.4 Å². The Morgan fingerprint density at radius 1 is 1.18 bits per heavy atom. The van der Waals surface area contributed by atoms with E-state index in [-0.39, 0.29) is 29.2 Å². The number of anilines is 2. The van der Waals surface area contributed by atoms with Crippen LogP contribution in [-0.4, -0.2) is 28.2 Å². The molecule has 0 amide bonds. The molecule has 3 aromatic rings. The van der Waals surface area contributed by atoms with E-state index < -0.39 is 11.7 Å². The summed E-state index contributed by atoms with van der Waals surface area (Å²) in [5.41, 5.74) is 11.2. The molecule has 9 nitrogen and oxygen atoms in total.